The Morgan fingerprint density at radius 2 is 2.21 bits per heavy atom. The third-order valence-electron chi connectivity index (χ3n) is 4.17. The molecule has 19 heavy (non-hydrogen) atoms. The van der Waals surface area contributed by atoms with E-state index in [0.29, 0.717) is 12.0 Å². The summed E-state index contributed by atoms with van der Waals surface area (Å²) in [7, 11) is 1.97. The van der Waals surface area contributed by atoms with Crippen LogP contribution in [0.3, 0.4) is 0 Å². The van der Waals surface area contributed by atoms with Gasteiger partial charge >= 0.3 is 0 Å². The van der Waals surface area contributed by atoms with E-state index in [1.54, 1.807) is 0 Å². The van der Waals surface area contributed by atoms with Crippen LogP contribution < -0.4 is 10.2 Å². The summed E-state index contributed by atoms with van der Waals surface area (Å²) < 4.78 is 1.12. The molecule has 3 nitrogen and oxygen atoms in total. The Morgan fingerprint density at radius 3 is 2.79 bits per heavy atom. The summed E-state index contributed by atoms with van der Waals surface area (Å²) in [5.74, 6) is 0.406. The Hall–Kier alpha value is -0.580. The first-order valence-electron chi connectivity index (χ1n) is 6.92. The van der Waals surface area contributed by atoms with E-state index in [1.165, 1.54) is 11.3 Å². The number of rotatable bonds is 3. The number of halogens is 1. The third kappa shape index (κ3) is 3.30. The van der Waals surface area contributed by atoms with Gasteiger partial charge in [-0.15, -0.1) is 0 Å². The van der Waals surface area contributed by atoms with Crippen molar-refractivity contribution in [3.63, 3.8) is 0 Å². The second kappa shape index (κ2) is 6.25. The number of piperidine rings is 1. The number of nitrogens with one attached hydrogen (secondary N) is 1. The molecule has 4 heteroatoms. The molecule has 106 valence electrons. The van der Waals surface area contributed by atoms with Gasteiger partial charge < -0.3 is 15.3 Å². The number of β-amino-alcohol motifs (C(OH)–C–C–N with tert-alkyl or cyclic N) is 1. The minimum Gasteiger partial charge on any atom is -0.391 e. The van der Waals surface area contributed by atoms with Crippen molar-refractivity contribution in [2.75, 3.05) is 25.0 Å². The van der Waals surface area contributed by atoms with E-state index in [4.69, 9.17) is 0 Å². The quantitative estimate of drug-likeness (QED) is 0.896. The van der Waals surface area contributed by atoms with Crippen LogP contribution in [0.1, 0.15) is 31.9 Å². The molecule has 1 aliphatic heterocycles. The Kier molecular flexibility index (Phi) is 4.87. The molecule has 0 bridgehead atoms. The van der Waals surface area contributed by atoms with Crippen LogP contribution in [0, 0.1) is 5.92 Å². The minimum atomic E-state index is -0.219. The van der Waals surface area contributed by atoms with Crippen LogP contribution in [0.5, 0.6) is 0 Å². The molecular weight excluding hydrogens is 304 g/mol. The number of hydrogen-bond acceptors (Lipinski definition) is 3. The van der Waals surface area contributed by atoms with Gasteiger partial charge in [0, 0.05) is 29.3 Å². The van der Waals surface area contributed by atoms with Crippen molar-refractivity contribution < 1.29 is 5.11 Å². The first-order chi connectivity index (χ1) is 9.02. The van der Waals surface area contributed by atoms with Crippen molar-refractivity contribution in [2.24, 2.45) is 5.92 Å². The first kappa shape index (κ1) is 14.8. The molecule has 1 fully saturated rings. The zero-order valence-electron chi connectivity index (χ0n) is 11.9. The molecule has 0 spiro atoms. The number of hydrogen-bond donors (Lipinski definition) is 2. The topological polar surface area (TPSA) is 35.5 Å². The molecule has 1 aromatic carbocycles. The highest BCUT2D eigenvalue weighted by Gasteiger charge is 2.24. The lowest BCUT2D eigenvalue weighted by atomic mass is 9.95. The zero-order valence-corrected chi connectivity index (χ0v) is 13.4. The molecule has 0 amide bonds. The molecule has 1 aliphatic rings. The molecule has 2 N–H and O–H groups in total. The zero-order chi connectivity index (χ0) is 14.0. The highest BCUT2D eigenvalue weighted by atomic mass is 79.9. The van der Waals surface area contributed by atoms with Crippen LogP contribution in [0.15, 0.2) is 22.7 Å². The van der Waals surface area contributed by atoms with E-state index in [-0.39, 0.29) is 6.10 Å². The van der Waals surface area contributed by atoms with E-state index in [2.05, 4.69) is 58.2 Å². The molecule has 1 heterocycles. The fourth-order valence-corrected chi connectivity index (χ4v) is 3.21. The summed E-state index contributed by atoms with van der Waals surface area (Å²) >= 11 is 3.65. The van der Waals surface area contributed by atoms with Crippen LogP contribution in [-0.2, 0) is 0 Å². The molecule has 0 aromatic heterocycles. The van der Waals surface area contributed by atoms with Gasteiger partial charge in [-0.25, -0.2) is 0 Å². The molecule has 0 radical (unpaired) electrons. The van der Waals surface area contributed by atoms with Crippen LogP contribution in [-0.4, -0.2) is 31.3 Å². The van der Waals surface area contributed by atoms with E-state index in [0.717, 1.165) is 24.0 Å². The lowest BCUT2D eigenvalue weighted by Gasteiger charge is -2.36. The molecule has 0 aliphatic carbocycles. The monoisotopic (exact) mass is 326 g/mol. The highest BCUT2D eigenvalue weighted by Crippen LogP contribution is 2.30. The van der Waals surface area contributed by atoms with Crippen LogP contribution in [0.25, 0.3) is 0 Å². The van der Waals surface area contributed by atoms with Gasteiger partial charge in [-0.05, 0) is 44.0 Å². The Bertz CT molecular complexity index is 438. The average molecular weight is 327 g/mol. The normalized spacial score (nSPS) is 25.4. The fraction of sp³-hybridized carbons (Fsp3) is 0.600. The SMILES string of the molecule is CNC(C)c1ccc(N2CCC(C)C(O)C2)cc1Br. The van der Waals surface area contributed by atoms with Crippen molar-refractivity contribution in [1.29, 1.82) is 0 Å². The smallest absolute Gasteiger partial charge is 0.0741 e. The number of aliphatic hydroxyl groups is 1. The first-order valence-corrected chi connectivity index (χ1v) is 7.72. The largest absolute Gasteiger partial charge is 0.391 e. The summed E-state index contributed by atoms with van der Waals surface area (Å²) in [4.78, 5) is 2.27. The fourth-order valence-electron chi connectivity index (χ4n) is 2.50. The second-order valence-corrected chi connectivity index (χ2v) is 6.35. The lowest BCUT2D eigenvalue weighted by molar-refractivity contribution is 0.103. The minimum absolute atomic E-state index is 0.219. The number of nitrogens with zero attached hydrogens (tertiary/aromatic N) is 1. The Labute approximate surface area is 124 Å². The summed E-state index contributed by atoms with van der Waals surface area (Å²) in [6.07, 6.45) is 0.830. The van der Waals surface area contributed by atoms with Gasteiger partial charge in [-0.3, -0.25) is 0 Å². The van der Waals surface area contributed by atoms with Crippen molar-refractivity contribution in [1.82, 2.24) is 5.32 Å². The molecule has 1 aromatic rings. The standard InChI is InChI=1S/C15H23BrN2O/c1-10-6-7-18(9-15(10)19)12-4-5-13(11(2)17-3)14(16)8-12/h4-5,8,10-11,15,17,19H,6-7,9H2,1-3H3. The summed E-state index contributed by atoms with van der Waals surface area (Å²) in [5.41, 5.74) is 2.45. The van der Waals surface area contributed by atoms with E-state index in [1.807, 2.05) is 7.05 Å². The van der Waals surface area contributed by atoms with Gasteiger partial charge in [0.05, 0.1) is 6.10 Å². The average Bonchev–Trinajstić information content (AvgIpc) is 2.41. The van der Waals surface area contributed by atoms with Crippen molar-refractivity contribution in [3.05, 3.63) is 28.2 Å². The third-order valence-corrected chi connectivity index (χ3v) is 4.85. The van der Waals surface area contributed by atoms with Gasteiger partial charge in [0.1, 0.15) is 0 Å². The van der Waals surface area contributed by atoms with E-state index >= 15 is 0 Å². The van der Waals surface area contributed by atoms with E-state index < -0.39 is 0 Å². The van der Waals surface area contributed by atoms with Crippen molar-refractivity contribution in [3.8, 4) is 0 Å². The van der Waals surface area contributed by atoms with Gasteiger partial charge in [-0.1, -0.05) is 28.9 Å². The maximum absolute atomic E-state index is 10.00. The predicted octanol–water partition coefficient (Wildman–Crippen LogP) is 2.94. The maximum Gasteiger partial charge on any atom is 0.0741 e. The van der Waals surface area contributed by atoms with E-state index in [9.17, 15) is 5.11 Å². The molecule has 0 saturated carbocycles. The summed E-state index contributed by atoms with van der Waals surface area (Å²) in [6, 6.07) is 6.79. The molecule has 1 saturated heterocycles. The van der Waals surface area contributed by atoms with Crippen LogP contribution >= 0.6 is 15.9 Å². The number of benzene rings is 1. The summed E-state index contributed by atoms with van der Waals surface area (Å²) in [5, 5.41) is 13.2. The van der Waals surface area contributed by atoms with Crippen LogP contribution in [0.2, 0.25) is 0 Å². The Morgan fingerprint density at radius 1 is 1.47 bits per heavy atom. The van der Waals surface area contributed by atoms with Gasteiger partial charge in [0.15, 0.2) is 0 Å². The van der Waals surface area contributed by atoms with Crippen LogP contribution in [0.4, 0.5) is 5.69 Å². The number of aliphatic hydroxyl groups excluding tert-OH is 1. The van der Waals surface area contributed by atoms with Gasteiger partial charge in [0.25, 0.3) is 0 Å². The lowest BCUT2D eigenvalue weighted by Crippen LogP contribution is -2.42. The number of anilines is 1. The van der Waals surface area contributed by atoms with Crippen molar-refractivity contribution >= 4 is 21.6 Å². The summed E-state index contributed by atoms with van der Waals surface area (Å²) in [6.45, 7) is 6.02. The van der Waals surface area contributed by atoms with Gasteiger partial charge in [-0.2, -0.15) is 0 Å². The molecule has 3 atom stereocenters. The van der Waals surface area contributed by atoms with Gasteiger partial charge in [0.2, 0.25) is 0 Å². The maximum atomic E-state index is 10.00. The predicted molar refractivity (Wildman–Crippen MR) is 83.6 cm³/mol. The van der Waals surface area contributed by atoms with Crippen molar-refractivity contribution in [2.45, 2.75) is 32.4 Å². The highest BCUT2D eigenvalue weighted by molar-refractivity contribution is 9.10. The second-order valence-electron chi connectivity index (χ2n) is 5.50. The molecule has 2 rings (SSSR count). The molecule has 3 unspecified atom stereocenters. The Balaban J connectivity index is 2.16. The molecular formula is C15H23BrN2O.